The van der Waals surface area contributed by atoms with Gasteiger partial charge in [-0.3, -0.25) is 19.2 Å². The number of benzene rings is 2. The summed E-state index contributed by atoms with van der Waals surface area (Å²) in [5.74, 6) is -2.33. The Kier molecular flexibility index (Phi) is 10.4. The van der Waals surface area contributed by atoms with Gasteiger partial charge in [-0.2, -0.15) is 0 Å². The van der Waals surface area contributed by atoms with Crippen molar-refractivity contribution < 1.29 is 43.2 Å². The number of aromatic hydroxyl groups is 1. The van der Waals surface area contributed by atoms with Crippen LogP contribution in [0.25, 0.3) is 0 Å². The molecule has 1 fully saturated rings. The molecule has 0 radical (unpaired) electrons. The average molecular weight is 559 g/mol. The molecule has 3 rings (SSSR count). The van der Waals surface area contributed by atoms with Crippen LogP contribution in [-0.4, -0.2) is 59.2 Å². The maximum atomic E-state index is 12.2. The van der Waals surface area contributed by atoms with Crippen molar-refractivity contribution in [2.75, 3.05) is 6.61 Å². The van der Waals surface area contributed by atoms with Crippen LogP contribution in [0, 0.1) is 0 Å². The molecule has 1 aliphatic rings. The minimum Gasteiger partial charge on any atom is -0.508 e. The first kappa shape index (κ1) is 30.0. The van der Waals surface area contributed by atoms with Crippen molar-refractivity contribution in [2.24, 2.45) is 0 Å². The van der Waals surface area contributed by atoms with Crippen molar-refractivity contribution in [3.05, 3.63) is 64.7 Å². The SMILES string of the molecule is CCc1ccc(Cc2cc([C@@H]3SC(COC(C)=O)[C@H](OC(C)=O)[C@H](OC(C)=O)C3OC(C)=O)ccc2O)cc1. The number of thioether (sulfide) groups is 1. The predicted molar refractivity (Wildman–Crippen MR) is 144 cm³/mol. The smallest absolute Gasteiger partial charge is 0.303 e. The molecule has 5 atom stereocenters. The molecule has 0 spiro atoms. The first-order valence-electron chi connectivity index (χ1n) is 12.7. The summed E-state index contributed by atoms with van der Waals surface area (Å²) in [6.45, 7) is 6.86. The topological polar surface area (TPSA) is 125 Å². The van der Waals surface area contributed by atoms with E-state index in [2.05, 4.69) is 6.92 Å². The van der Waals surface area contributed by atoms with Crippen molar-refractivity contribution >= 4 is 35.6 Å². The van der Waals surface area contributed by atoms with Gasteiger partial charge >= 0.3 is 23.9 Å². The molecule has 1 heterocycles. The van der Waals surface area contributed by atoms with E-state index in [9.17, 15) is 24.3 Å². The van der Waals surface area contributed by atoms with E-state index in [-0.39, 0.29) is 12.4 Å². The largest absolute Gasteiger partial charge is 0.508 e. The quantitative estimate of drug-likeness (QED) is 0.356. The van der Waals surface area contributed by atoms with E-state index in [0.717, 1.165) is 12.0 Å². The second-order valence-corrected chi connectivity index (χ2v) is 10.7. The average Bonchev–Trinajstić information content (AvgIpc) is 2.86. The van der Waals surface area contributed by atoms with Crippen LogP contribution < -0.4 is 0 Å². The number of phenolic OH excluding ortho intramolecular Hbond substituents is 1. The monoisotopic (exact) mass is 558 g/mol. The Labute approximate surface area is 232 Å². The van der Waals surface area contributed by atoms with Crippen molar-refractivity contribution in [2.45, 2.75) is 76.3 Å². The van der Waals surface area contributed by atoms with Crippen LogP contribution in [0.2, 0.25) is 0 Å². The third-order valence-electron chi connectivity index (χ3n) is 6.25. The number of ether oxygens (including phenoxy) is 4. The minimum atomic E-state index is -1.17. The minimum absolute atomic E-state index is 0.106. The molecule has 2 aromatic rings. The second kappa shape index (κ2) is 13.5. The molecule has 10 heteroatoms. The molecule has 2 aromatic carbocycles. The van der Waals surface area contributed by atoms with Gasteiger partial charge in [-0.1, -0.05) is 43.3 Å². The zero-order valence-corrected chi connectivity index (χ0v) is 23.5. The molecule has 0 aliphatic carbocycles. The Hall–Kier alpha value is -3.53. The van der Waals surface area contributed by atoms with Crippen LogP contribution in [0.3, 0.4) is 0 Å². The zero-order valence-electron chi connectivity index (χ0n) is 22.7. The number of phenols is 1. The van der Waals surface area contributed by atoms with Gasteiger partial charge < -0.3 is 24.1 Å². The van der Waals surface area contributed by atoms with Gasteiger partial charge in [0.2, 0.25) is 0 Å². The number of aryl methyl sites for hydroxylation is 1. The third-order valence-corrected chi connectivity index (χ3v) is 7.84. The highest BCUT2D eigenvalue weighted by Crippen LogP contribution is 2.47. The molecule has 0 aromatic heterocycles. The molecule has 1 aliphatic heterocycles. The molecule has 210 valence electrons. The fourth-order valence-corrected chi connectivity index (χ4v) is 6.09. The molecule has 0 bridgehead atoms. The number of carbonyl (C=O) groups excluding carboxylic acids is 4. The Morgan fingerprint density at radius 1 is 0.769 bits per heavy atom. The van der Waals surface area contributed by atoms with Crippen molar-refractivity contribution in [3.63, 3.8) is 0 Å². The van der Waals surface area contributed by atoms with E-state index < -0.39 is 52.7 Å². The summed E-state index contributed by atoms with van der Waals surface area (Å²) < 4.78 is 22.0. The van der Waals surface area contributed by atoms with Crippen LogP contribution in [-0.2, 0) is 51.0 Å². The number of carbonyl (C=O) groups is 4. The summed E-state index contributed by atoms with van der Waals surface area (Å²) in [6, 6.07) is 13.2. The number of hydrogen-bond acceptors (Lipinski definition) is 10. The summed E-state index contributed by atoms with van der Waals surface area (Å²) in [6.07, 6.45) is -1.87. The molecule has 1 N–H and O–H groups in total. The Morgan fingerprint density at radius 2 is 1.33 bits per heavy atom. The van der Waals surface area contributed by atoms with Gasteiger partial charge in [0, 0.05) is 34.1 Å². The lowest BCUT2D eigenvalue weighted by molar-refractivity contribution is -0.185. The van der Waals surface area contributed by atoms with Gasteiger partial charge in [-0.25, -0.2) is 0 Å². The lowest BCUT2D eigenvalue weighted by atomic mass is 9.93. The molecular formula is C29H34O9S. The first-order chi connectivity index (χ1) is 18.5. The molecule has 0 saturated carbocycles. The molecule has 1 saturated heterocycles. The molecule has 39 heavy (non-hydrogen) atoms. The fraction of sp³-hybridized carbons (Fsp3) is 0.448. The summed E-state index contributed by atoms with van der Waals surface area (Å²) in [5.41, 5.74) is 3.56. The Morgan fingerprint density at radius 3 is 1.90 bits per heavy atom. The van der Waals surface area contributed by atoms with Crippen LogP contribution in [0.4, 0.5) is 0 Å². The van der Waals surface area contributed by atoms with E-state index >= 15 is 0 Å². The standard InChI is InChI=1S/C29H34O9S/c1-6-20-7-9-21(10-8-20)13-23-14-22(11-12-24(23)34)29-28(38-19(5)33)27(37-18(4)32)26(36-17(3)31)25(39-29)15-35-16(2)30/h7-12,14,25-29,34H,6,13,15H2,1-5H3/t25?,26-,27-,28?,29-/m0/s1. The fourth-order valence-electron chi connectivity index (χ4n) is 4.53. The van der Waals surface area contributed by atoms with Gasteiger partial charge in [0.1, 0.15) is 12.4 Å². The van der Waals surface area contributed by atoms with Crippen molar-refractivity contribution in [1.29, 1.82) is 0 Å². The molecule has 9 nitrogen and oxygen atoms in total. The molecule has 0 amide bonds. The maximum absolute atomic E-state index is 12.2. The first-order valence-corrected chi connectivity index (χ1v) is 13.6. The normalized spacial score (nSPS) is 22.4. The lowest BCUT2D eigenvalue weighted by Crippen LogP contribution is -2.56. The van der Waals surface area contributed by atoms with Gasteiger partial charge in [0.05, 0.1) is 10.5 Å². The lowest BCUT2D eigenvalue weighted by Gasteiger charge is -2.44. The van der Waals surface area contributed by atoms with Gasteiger partial charge in [-0.05, 0) is 34.7 Å². The van der Waals surface area contributed by atoms with Crippen LogP contribution in [0.15, 0.2) is 42.5 Å². The van der Waals surface area contributed by atoms with E-state index in [1.807, 2.05) is 30.3 Å². The Bertz CT molecular complexity index is 1190. The van der Waals surface area contributed by atoms with Gasteiger partial charge in [-0.15, -0.1) is 11.8 Å². The summed E-state index contributed by atoms with van der Waals surface area (Å²) in [5, 5.41) is 9.39. The van der Waals surface area contributed by atoms with E-state index in [0.29, 0.717) is 17.5 Å². The van der Waals surface area contributed by atoms with E-state index in [1.165, 1.54) is 45.0 Å². The summed E-state index contributed by atoms with van der Waals surface area (Å²) in [7, 11) is 0. The molecular weight excluding hydrogens is 524 g/mol. The van der Waals surface area contributed by atoms with E-state index in [1.54, 1.807) is 12.1 Å². The Balaban J connectivity index is 2.05. The number of esters is 4. The van der Waals surface area contributed by atoms with Crippen LogP contribution in [0.5, 0.6) is 5.75 Å². The number of rotatable bonds is 9. The highest BCUT2D eigenvalue weighted by Gasteiger charge is 2.52. The van der Waals surface area contributed by atoms with Gasteiger partial charge in [0.15, 0.2) is 18.3 Å². The molecule has 2 unspecified atom stereocenters. The third kappa shape index (κ3) is 8.23. The second-order valence-electron chi connectivity index (χ2n) is 9.35. The highest BCUT2D eigenvalue weighted by atomic mass is 32.2. The van der Waals surface area contributed by atoms with E-state index in [4.69, 9.17) is 18.9 Å². The zero-order chi connectivity index (χ0) is 28.7. The van der Waals surface area contributed by atoms with Crippen LogP contribution >= 0.6 is 11.8 Å². The van der Waals surface area contributed by atoms with Crippen LogP contribution in [0.1, 0.15) is 62.1 Å². The number of hydrogen-bond donors (Lipinski definition) is 1. The summed E-state index contributed by atoms with van der Waals surface area (Å²) in [4.78, 5) is 47.9. The maximum Gasteiger partial charge on any atom is 0.303 e. The summed E-state index contributed by atoms with van der Waals surface area (Å²) >= 11 is 1.28. The van der Waals surface area contributed by atoms with Gasteiger partial charge in [0.25, 0.3) is 0 Å². The van der Waals surface area contributed by atoms with Crippen molar-refractivity contribution in [3.8, 4) is 5.75 Å². The van der Waals surface area contributed by atoms with Crippen molar-refractivity contribution in [1.82, 2.24) is 0 Å². The highest BCUT2D eigenvalue weighted by molar-refractivity contribution is 8.00. The predicted octanol–water partition coefficient (Wildman–Crippen LogP) is 4.06.